The maximum absolute atomic E-state index is 5.74. The highest BCUT2D eigenvalue weighted by Gasteiger charge is 2.19. The molecule has 1 heterocycles. The first kappa shape index (κ1) is 9.75. The van der Waals surface area contributed by atoms with Gasteiger partial charge in [0.05, 0.1) is 0 Å². The van der Waals surface area contributed by atoms with Crippen molar-refractivity contribution in [1.29, 1.82) is 0 Å². The normalized spacial score (nSPS) is 21.7. The summed E-state index contributed by atoms with van der Waals surface area (Å²) in [5.74, 6) is 0.668. The number of nitrogens with two attached hydrogens (primary N) is 1. The van der Waals surface area contributed by atoms with Gasteiger partial charge in [0.2, 0.25) is 0 Å². The summed E-state index contributed by atoms with van der Waals surface area (Å²) < 4.78 is 0. The van der Waals surface area contributed by atoms with Gasteiger partial charge in [0, 0.05) is 25.7 Å². The van der Waals surface area contributed by atoms with Crippen molar-refractivity contribution in [3.63, 3.8) is 0 Å². The third kappa shape index (κ3) is 2.32. The Morgan fingerprint density at radius 1 is 1.42 bits per heavy atom. The minimum absolute atomic E-state index is 0.565. The van der Waals surface area contributed by atoms with Crippen LogP contribution < -0.4 is 5.73 Å². The van der Waals surface area contributed by atoms with Gasteiger partial charge in [-0.25, -0.2) is 0 Å². The molecule has 1 aliphatic rings. The first-order valence-electron chi connectivity index (χ1n) is 4.85. The second-order valence-electron chi connectivity index (χ2n) is 3.80. The zero-order valence-corrected chi connectivity index (χ0v) is 8.16. The summed E-state index contributed by atoms with van der Waals surface area (Å²) in [6.45, 7) is 7.54. The topological polar surface area (TPSA) is 29.3 Å². The Bertz CT molecular complexity index is 152. The first-order chi connectivity index (χ1) is 5.75. The lowest BCUT2D eigenvalue weighted by Gasteiger charge is -2.34. The van der Waals surface area contributed by atoms with Gasteiger partial charge in [-0.2, -0.15) is 0 Å². The van der Waals surface area contributed by atoms with Crippen LogP contribution in [0.3, 0.4) is 0 Å². The third-order valence-electron chi connectivity index (χ3n) is 2.57. The van der Waals surface area contributed by atoms with Crippen LogP contribution in [-0.4, -0.2) is 30.6 Å². The summed E-state index contributed by atoms with van der Waals surface area (Å²) in [4.78, 5) is 2.48. The van der Waals surface area contributed by atoms with E-state index >= 15 is 0 Å². The fraction of sp³-hybridized carbons (Fsp3) is 0.800. The maximum atomic E-state index is 5.74. The lowest BCUT2D eigenvalue weighted by Crippen LogP contribution is -2.45. The second-order valence-corrected chi connectivity index (χ2v) is 3.80. The van der Waals surface area contributed by atoms with Gasteiger partial charge in [0.25, 0.3) is 0 Å². The summed E-state index contributed by atoms with van der Waals surface area (Å²) >= 11 is 0. The van der Waals surface area contributed by atoms with Crippen molar-refractivity contribution in [3.05, 3.63) is 12.2 Å². The van der Waals surface area contributed by atoms with Crippen LogP contribution in [0.1, 0.15) is 20.3 Å². The largest absolute Gasteiger partial charge is 0.329 e. The highest BCUT2D eigenvalue weighted by atomic mass is 15.2. The molecule has 0 fully saturated rings. The summed E-state index contributed by atoms with van der Waals surface area (Å²) in [5.41, 5.74) is 5.74. The molecule has 1 aliphatic heterocycles. The summed E-state index contributed by atoms with van der Waals surface area (Å²) in [6.07, 6.45) is 5.68. The van der Waals surface area contributed by atoms with Crippen LogP contribution in [0.5, 0.6) is 0 Å². The van der Waals surface area contributed by atoms with Crippen LogP contribution in [0.4, 0.5) is 0 Å². The highest BCUT2D eigenvalue weighted by molar-refractivity contribution is 4.93. The highest BCUT2D eigenvalue weighted by Crippen LogP contribution is 2.12. The van der Waals surface area contributed by atoms with Gasteiger partial charge in [-0.05, 0) is 12.3 Å². The SMILES string of the molecule is CC(C)C(CN)N1CC=CCC1. The molecular formula is C10H20N2. The average molecular weight is 168 g/mol. The Morgan fingerprint density at radius 2 is 2.17 bits per heavy atom. The molecule has 0 saturated carbocycles. The lowest BCUT2D eigenvalue weighted by atomic mass is 10.0. The van der Waals surface area contributed by atoms with E-state index in [1.54, 1.807) is 0 Å². The van der Waals surface area contributed by atoms with Gasteiger partial charge in [-0.3, -0.25) is 4.90 Å². The van der Waals surface area contributed by atoms with Crippen LogP contribution in [-0.2, 0) is 0 Å². The van der Waals surface area contributed by atoms with Crippen molar-refractivity contribution in [2.24, 2.45) is 11.7 Å². The minimum Gasteiger partial charge on any atom is -0.329 e. The van der Waals surface area contributed by atoms with Crippen LogP contribution in [0.15, 0.2) is 12.2 Å². The van der Waals surface area contributed by atoms with Gasteiger partial charge < -0.3 is 5.73 Å². The molecule has 0 aliphatic carbocycles. The number of nitrogens with zero attached hydrogens (tertiary/aromatic N) is 1. The molecule has 0 radical (unpaired) electrons. The molecule has 1 unspecified atom stereocenters. The van der Waals surface area contributed by atoms with Crippen LogP contribution >= 0.6 is 0 Å². The molecule has 2 N–H and O–H groups in total. The summed E-state index contributed by atoms with van der Waals surface area (Å²) in [6, 6.07) is 0.565. The number of hydrogen-bond acceptors (Lipinski definition) is 2. The van der Waals surface area contributed by atoms with E-state index in [0.29, 0.717) is 12.0 Å². The molecule has 0 saturated heterocycles. The van der Waals surface area contributed by atoms with Crippen molar-refractivity contribution < 1.29 is 0 Å². The van der Waals surface area contributed by atoms with E-state index < -0.39 is 0 Å². The molecule has 0 aromatic rings. The van der Waals surface area contributed by atoms with E-state index in [9.17, 15) is 0 Å². The van der Waals surface area contributed by atoms with Gasteiger partial charge in [-0.1, -0.05) is 26.0 Å². The molecule has 0 bridgehead atoms. The fourth-order valence-electron chi connectivity index (χ4n) is 1.80. The third-order valence-corrected chi connectivity index (χ3v) is 2.57. The Morgan fingerprint density at radius 3 is 2.58 bits per heavy atom. The van der Waals surface area contributed by atoms with Crippen LogP contribution in [0.25, 0.3) is 0 Å². The van der Waals surface area contributed by atoms with Crippen molar-refractivity contribution in [2.75, 3.05) is 19.6 Å². The molecule has 12 heavy (non-hydrogen) atoms. The molecule has 2 nitrogen and oxygen atoms in total. The lowest BCUT2D eigenvalue weighted by molar-refractivity contribution is 0.174. The minimum atomic E-state index is 0.565. The van der Waals surface area contributed by atoms with E-state index in [-0.39, 0.29) is 0 Å². The molecule has 0 amide bonds. The predicted octanol–water partition coefficient (Wildman–Crippen LogP) is 1.23. The molecule has 1 rings (SSSR count). The maximum Gasteiger partial charge on any atom is 0.0244 e. The Hall–Kier alpha value is -0.340. The number of rotatable bonds is 3. The van der Waals surface area contributed by atoms with Gasteiger partial charge >= 0.3 is 0 Å². The standard InChI is InChI=1S/C10H20N2/c1-9(2)10(8-11)12-6-4-3-5-7-12/h3-4,9-10H,5-8,11H2,1-2H3. The monoisotopic (exact) mass is 168 g/mol. The molecule has 70 valence electrons. The molecular weight excluding hydrogens is 148 g/mol. The first-order valence-corrected chi connectivity index (χ1v) is 4.85. The Balaban J connectivity index is 2.47. The van der Waals surface area contributed by atoms with Crippen molar-refractivity contribution in [2.45, 2.75) is 26.3 Å². The fourth-order valence-corrected chi connectivity index (χ4v) is 1.80. The summed E-state index contributed by atoms with van der Waals surface area (Å²) in [5, 5.41) is 0. The molecule has 0 aromatic carbocycles. The molecule has 0 spiro atoms. The van der Waals surface area contributed by atoms with E-state index in [1.165, 1.54) is 13.0 Å². The molecule has 0 aromatic heterocycles. The van der Waals surface area contributed by atoms with Crippen LogP contribution in [0, 0.1) is 5.92 Å². The van der Waals surface area contributed by atoms with Crippen molar-refractivity contribution in [1.82, 2.24) is 4.90 Å². The quantitative estimate of drug-likeness (QED) is 0.642. The van der Waals surface area contributed by atoms with Crippen LogP contribution in [0.2, 0.25) is 0 Å². The zero-order chi connectivity index (χ0) is 8.97. The second kappa shape index (κ2) is 4.63. The Labute approximate surface area is 75.4 Å². The van der Waals surface area contributed by atoms with Crippen molar-refractivity contribution in [3.8, 4) is 0 Å². The zero-order valence-electron chi connectivity index (χ0n) is 8.16. The number of hydrogen-bond donors (Lipinski definition) is 1. The predicted molar refractivity (Wildman–Crippen MR) is 53.0 cm³/mol. The van der Waals surface area contributed by atoms with Crippen molar-refractivity contribution >= 4 is 0 Å². The van der Waals surface area contributed by atoms with E-state index in [2.05, 4.69) is 30.9 Å². The molecule has 1 atom stereocenters. The average Bonchev–Trinajstić information content (AvgIpc) is 2.07. The smallest absolute Gasteiger partial charge is 0.0244 e. The van der Waals surface area contributed by atoms with E-state index in [1.807, 2.05) is 0 Å². The molecule has 2 heteroatoms. The van der Waals surface area contributed by atoms with E-state index in [0.717, 1.165) is 13.1 Å². The van der Waals surface area contributed by atoms with Gasteiger partial charge in [0.15, 0.2) is 0 Å². The van der Waals surface area contributed by atoms with Gasteiger partial charge in [0.1, 0.15) is 0 Å². The van der Waals surface area contributed by atoms with Gasteiger partial charge in [-0.15, -0.1) is 0 Å². The summed E-state index contributed by atoms with van der Waals surface area (Å²) in [7, 11) is 0. The Kier molecular flexibility index (Phi) is 3.76. The van der Waals surface area contributed by atoms with E-state index in [4.69, 9.17) is 5.73 Å².